The molecule has 3 aliphatic heterocycles. The van der Waals surface area contributed by atoms with E-state index in [1.165, 1.54) is 31.0 Å². The topological polar surface area (TPSA) is 46.1 Å². The van der Waals surface area contributed by atoms with Crippen LogP contribution in [0.2, 0.25) is 0 Å². The summed E-state index contributed by atoms with van der Waals surface area (Å²) in [5.41, 5.74) is 0.943. The molecule has 2 bridgehead atoms. The predicted octanol–water partition coefficient (Wildman–Crippen LogP) is 3.80. The molecule has 1 aromatic rings. The number of thioether (sulfide) groups is 1. The van der Waals surface area contributed by atoms with Crippen molar-refractivity contribution in [2.24, 2.45) is 10.9 Å². The fourth-order valence-electron chi connectivity index (χ4n) is 3.32. The van der Waals surface area contributed by atoms with Crippen LogP contribution in [-0.2, 0) is 0 Å². The van der Waals surface area contributed by atoms with Gasteiger partial charge in [-0.3, -0.25) is 4.99 Å². The lowest BCUT2D eigenvalue weighted by atomic mass is 10.1. The van der Waals surface area contributed by atoms with Crippen molar-refractivity contribution in [2.45, 2.75) is 11.3 Å². The number of hydrogen-bond donors (Lipinski definition) is 1. The maximum absolute atomic E-state index is 5.65. The van der Waals surface area contributed by atoms with Crippen molar-refractivity contribution in [1.82, 2.24) is 10.2 Å². The van der Waals surface area contributed by atoms with E-state index in [1.807, 2.05) is 18.3 Å². The van der Waals surface area contributed by atoms with E-state index in [9.17, 15) is 0 Å². The van der Waals surface area contributed by atoms with E-state index < -0.39 is 0 Å². The summed E-state index contributed by atoms with van der Waals surface area (Å²) in [6, 6.07) is 4.00. The quantitative estimate of drug-likeness (QED) is 0.721. The molecule has 1 unspecified atom stereocenters. The minimum absolute atomic E-state index is 0.244. The van der Waals surface area contributed by atoms with E-state index in [1.54, 1.807) is 11.8 Å². The van der Waals surface area contributed by atoms with Crippen LogP contribution in [-0.4, -0.2) is 57.6 Å². The zero-order valence-electron chi connectivity index (χ0n) is 16.3. The molecule has 0 amide bonds. The number of nitrogens with one attached hydrogen (secondary N) is 1. The smallest absolute Gasteiger partial charge is 0.163 e. The number of rotatable bonds is 0. The molecule has 28 heavy (non-hydrogen) atoms. The number of ether oxygens (including phenoxy) is 2. The summed E-state index contributed by atoms with van der Waals surface area (Å²) in [6.45, 7) is 6.03. The lowest BCUT2D eigenvalue weighted by molar-refractivity contribution is 0.171. The van der Waals surface area contributed by atoms with Crippen LogP contribution in [0.1, 0.15) is 6.42 Å². The summed E-state index contributed by atoms with van der Waals surface area (Å²) in [5.74, 6) is 1.84. The third-order valence-corrected chi connectivity index (χ3v) is 5.92. The Labute approximate surface area is 171 Å². The monoisotopic (exact) mass is 397 g/mol. The first-order chi connectivity index (χ1) is 13.8. The second kappa shape index (κ2) is 9.45. The minimum Gasteiger partial charge on any atom is -0.486 e. The Kier molecular flexibility index (Phi) is 6.52. The normalized spacial score (nSPS) is 23.2. The number of benzene rings is 1. The third kappa shape index (κ3) is 5.07. The minimum atomic E-state index is 0.244. The first kappa shape index (κ1) is 19.3. The molecule has 0 radical (unpaired) electrons. The number of aliphatic imine (C=N–C) groups is 1. The maximum atomic E-state index is 5.65. The van der Waals surface area contributed by atoms with Crippen LogP contribution in [0.25, 0.3) is 0 Å². The SMILES string of the molecule is C1=CC2=CC(C=C1)C=Nc1cc3c(cc1S2)OCCO3.CN1CCCNCC1. The highest BCUT2D eigenvalue weighted by molar-refractivity contribution is 8.03. The number of nitrogens with zero attached hydrogens (tertiary/aromatic N) is 2. The predicted molar refractivity (Wildman–Crippen MR) is 116 cm³/mol. The van der Waals surface area contributed by atoms with E-state index in [2.05, 4.69) is 52.6 Å². The largest absolute Gasteiger partial charge is 0.486 e. The van der Waals surface area contributed by atoms with E-state index in [0.29, 0.717) is 13.2 Å². The Morgan fingerprint density at radius 1 is 1.11 bits per heavy atom. The molecule has 0 saturated carbocycles. The summed E-state index contributed by atoms with van der Waals surface area (Å²) in [7, 11) is 2.17. The van der Waals surface area contributed by atoms with Crippen LogP contribution in [0.5, 0.6) is 11.5 Å². The van der Waals surface area contributed by atoms with Crippen molar-refractivity contribution >= 4 is 23.7 Å². The molecule has 0 aromatic heterocycles. The van der Waals surface area contributed by atoms with Gasteiger partial charge in [-0.2, -0.15) is 0 Å². The van der Waals surface area contributed by atoms with E-state index in [0.717, 1.165) is 28.6 Å². The van der Waals surface area contributed by atoms with E-state index in [4.69, 9.17) is 9.47 Å². The molecule has 1 atom stereocenters. The lowest BCUT2D eigenvalue weighted by Gasteiger charge is -2.20. The van der Waals surface area contributed by atoms with Gasteiger partial charge in [-0.1, -0.05) is 36.1 Å². The number of fused-ring (bicyclic) bond motifs is 3. The van der Waals surface area contributed by atoms with Crippen molar-refractivity contribution in [3.8, 4) is 11.5 Å². The van der Waals surface area contributed by atoms with Gasteiger partial charge in [0.25, 0.3) is 0 Å². The molecule has 148 valence electrons. The summed E-state index contributed by atoms with van der Waals surface area (Å²) < 4.78 is 11.3. The highest BCUT2D eigenvalue weighted by Gasteiger charge is 2.18. The molecule has 5 nitrogen and oxygen atoms in total. The Morgan fingerprint density at radius 3 is 2.86 bits per heavy atom. The molecule has 1 aromatic carbocycles. The van der Waals surface area contributed by atoms with E-state index >= 15 is 0 Å². The second-order valence-electron chi connectivity index (χ2n) is 7.14. The highest BCUT2D eigenvalue weighted by Crippen LogP contribution is 2.44. The fourth-order valence-corrected chi connectivity index (χ4v) is 4.33. The van der Waals surface area contributed by atoms with Gasteiger partial charge in [-0.05, 0) is 32.6 Å². The van der Waals surface area contributed by atoms with Crippen LogP contribution in [0, 0.1) is 5.92 Å². The number of likely N-dealkylation sites (N-methyl/N-ethyl adjacent to an activating group) is 1. The van der Waals surface area contributed by atoms with Gasteiger partial charge >= 0.3 is 0 Å². The van der Waals surface area contributed by atoms with Crippen LogP contribution >= 0.6 is 11.8 Å². The van der Waals surface area contributed by atoms with Gasteiger partial charge in [0, 0.05) is 47.2 Å². The van der Waals surface area contributed by atoms with Gasteiger partial charge in [0.1, 0.15) is 13.2 Å². The highest BCUT2D eigenvalue weighted by atomic mass is 32.2. The fraction of sp³-hybridized carbons (Fsp3) is 0.409. The Balaban J connectivity index is 0.000000203. The van der Waals surface area contributed by atoms with Gasteiger partial charge in [-0.25, -0.2) is 0 Å². The summed E-state index contributed by atoms with van der Waals surface area (Å²) >= 11 is 1.72. The van der Waals surface area contributed by atoms with Crippen molar-refractivity contribution < 1.29 is 9.47 Å². The first-order valence-electron chi connectivity index (χ1n) is 9.89. The molecule has 6 heteroatoms. The first-order valence-corrected chi connectivity index (χ1v) is 10.7. The maximum Gasteiger partial charge on any atom is 0.163 e. The molecule has 5 rings (SSSR count). The van der Waals surface area contributed by atoms with Gasteiger partial charge < -0.3 is 19.7 Å². The Bertz CT molecular complexity index is 808. The van der Waals surface area contributed by atoms with Gasteiger partial charge in [-0.15, -0.1) is 0 Å². The van der Waals surface area contributed by atoms with Crippen LogP contribution < -0.4 is 14.8 Å². The molecule has 1 saturated heterocycles. The molecule has 0 spiro atoms. The van der Waals surface area contributed by atoms with Crippen LogP contribution in [0.15, 0.2) is 57.3 Å². The Morgan fingerprint density at radius 2 is 1.96 bits per heavy atom. The van der Waals surface area contributed by atoms with Crippen molar-refractivity contribution in [1.29, 1.82) is 0 Å². The lowest BCUT2D eigenvalue weighted by Crippen LogP contribution is -2.23. The molecular weight excluding hydrogens is 370 g/mol. The summed E-state index contributed by atoms with van der Waals surface area (Å²) in [6.07, 6.45) is 13.9. The molecule has 3 heterocycles. The standard InChI is InChI=1S/C16H13NO2S.C6H14N2/c1-2-4-12-7-11(3-1)10-17-13-8-14-15(9-16(13)20-12)19-6-5-18-14;1-8-5-2-3-7-4-6-8/h1-4,7-11H,5-6H2;7H,2-6H2,1H3. The molecule has 1 aliphatic carbocycles. The summed E-state index contributed by atoms with van der Waals surface area (Å²) in [5, 5.41) is 3.34. The number of allylic oxidation sites excluding steroid dienone is 5. The zero-order valence-corrected chi connectivity index (χ0v) is 17.1. The number of hydrogen-bond acceptors (Lipinski definition) is 6. The van der Waals surface area contributed by atoms with Crippen LogP contribution in [0.3, 0.4) is 0 Å². The average Bonchev–Trinajstić information content (AvgIpc) is 3.08. The Hall–Kier alpha value is -2.02. The van der Waals surface area contributed by atoms with Crippen molar-refractivity contribution in [3.63, 3.8) is 0 Å². The van der Waals surface area contributed by atoms with Gasteiger partial charge in [0.2, 0.25) is 0 Å². The molecule has 4 aliphatic rings. The van der Waals surface area contributed by atoms with Crippen molar-refractivity contribution in [2.75, 3.05) is 46.4 Å². The zero-order chi connectivity index (χ0) is 19.2. The summed E-state index contributed by atoms with van der Waals surface area (Å²) in [4.78, 5) is 9.30. The third-order valence-electron chi connectivity index (χ3n) is 4.86. The molecule has 1 fully saturated rings. The second-order valence-corrected chi connectivity index (χ2v) is 8.26. The van der Waals surface area contributed by atoms with Gasteiger partial charge in [0.05, 0.1) is 5.69 Å². The molecular formula is C22H27N3O2S. The average molecular weight is 398 g/mol. The van der Waals surface area contributed by atoms with Crippen molar-refractivity contribution in [3.05, 3.63) is 47.4 Å². The van der Waals surface area contributed by atoms with Crippen LogP contribution in [0.4, 0.5) is 5.69 Å². The van der Waals surface area contributed by atoms with E-state index in [-0.39, 0.29) is 5.92 Å². The molecule has 1 N–H and O–H groups in total. The van der Waals surface area contributed by atoms with Gasteiger partial charge in [0.15, 0.2) is 11.5 Å².